The summed E-state index contributed by atoms with van der Waals surface area (Å²) in [4.78, 5) is 28.9. The van der Waals surface area contributed by atoms with Crippen molar-refractivity contribution < 1.29 is 9.59 Å². The van der Waals surface area contributed by atoms with E-state index in [1.54, 1.807) is 19.0 Å². The van der Waals surface area contributed by atoms with Crippen LogP contribution in [0.15, 0.2) is 0 Å². The molecule has 18 heavy (non-hydrogen) atoms. The van der Waals surface area contributed by atoms with E-state index in [0.717, 1.165) is 19.5 Å². The summed E-state index contributed by atoms with van der Waals surface area (Å²) in [6, 6.07) is 0. The summed E-state index contributed by atoms with van der Waals surface area (Å²) < 4.78 is 0. The van der Waals surface area contributed by atoms with Gasteiger partial charge in [0.15, 0.2) is 0 Å². The predicted octanol–water partition coefficient (Wildman–Crippen LogP) is -1.04. The van der Waals surface area contributed by atoms with Gasteiger partial charge in [-0.05, 0) is 13.0 Å². The van der Waals surface area contributed by atoms with Crippen LogP contribution in [-0.4, -0.2) is 79.9 Å². The topological polar surface area (TPSA) is 69.9 Å². The molecule has 0 aliphatic carbocycles. The molecule has 1 rings (SSSR count). The van der Waals surface area contributed by atoms with Crippen LogP contribution < -0.4 is 5.73 Å². The van der Waals surface area contributed by atoms with Crippen LogP contribution in [0.2, 0.25) is 0 Å². The van der Waals surface area contributed by atoms with Gasteiger partial charge in [-0.3, -0.25) is 14.5 Å². The molecule has 0 bridgehead atoms. The van der Waals surface area contributed by atoms with Crippen LogP contribution in [0.1, 0.15) is 12.8 Å². The summed E-state index contributed by atoms with van der Waals surface area (Å²) in [7, 11) is 3.52. The molecule has 104 valence electrons. The molecule has 0 saturated carbocycles. The molecular weight excluding hydrogens is 232 g/mol. The summed E-state index contributed by atoms with van der Waals surface area (Å²) in [5, 5.41) is 0. The molecule has 0 radical (unpaired) electrons. The molecule has 1 heterocycles. The van der Waals surface area contributed by atoms with Gasteiger partial charge >= 0.3 is 0 Å². The predicted molar refractivity (Wildman–Crippen MR) is 70.0 cm³/mol. The normalized spacial score (nSPS) is 16.7. The molecule has 0 aromatic heterocycles. The van der Waals surface area contributed by atoms with Gasteiger partial charge in [0.2, 0.25) is 11.8 Å². The highest BCUT2D eigenvalue weighted by Gasteiger charge is 2.22. The molecule has 0 aromatic rings. The van der Waals surface area contributed by atoms with Crippen molar-refractivity contribution in [3.8, 4) is 0 Å². The number of amides is 2. The van der Waals surface area contributed by atoms with Crippen LogP contribution in [0.3, 0.4) is 0 Å². The Labute approximate surface area is 109 Å². The molecule has 0 aromatic carbocycles. The molecule has 0 spiro atoms. The van der Waals surface area contributed by atoms with E-state index in [4.69, 9.17) is 5.73 Å². The van der Waals surface area contributed by atoms with E-state index in [-0.39, 0.29) is 11.8 Å². The average Bonchev–Trinajstić information content (AvgIpc) is 2.36. The third kappa shape index (κ3) is 4.62. The highest BCUT2D eigenvalue weighted by Crippen LogP contribution is 2.05. The van der Waals surface area contributed by atoms with E-state index in [0.29, 0.717) is 32.6 Å². The molecular formula is C12H24N4O2. The lowest BCUT2D eigenvalue weighted by Crippen LogP contribution is -2.51. The zero-order valence-corrected chi connectivity index (χ0v) is 11.4. The first-order valence-corrected chi connectivity index (χ1v) is 6.45. The van der Waals surface area contributed by atoms with Gasteiger partial charge in [-0.1, -0.05) is 0 Å². The Morgan fingerprint density at radius 2 is 1.78 bits per heavy atom. The Kier molecular flexibility index (Phi) is 6.07. The third-order valence-electron chi connectivity index (χ3n) is 3.18. The van der Waals surface area contributed by atoms with Gasteiger partial charge in [0.25, 0.3) is 0 Å². The number of carbonyl (C=O) groups excluding carboxylic acids is 2. The van der Waals surface area contributed by atoms with Crippen molar-refractivity contribution in [2.24, 2.45) is 5.73 Å². The third-order valence-corrected chi connectivity index (χ3v) is 3.18. The number of likely N-dealkylation sites (N-methyl/N-ethyl adjacent to an activating group) is 1. The Hall–Kier alpha value is -1.14. The fourth-order valence-electron chi connectivity index (χ4n) is 1.90. The molecule has 1 aliphatic rings. The molecule has 0 atom stereocenters. The second-order valence-corrected chi connectivity index (χ2v) is 4.84. The summed E-state index contributed by atoms with van der Waals surface area (Å²) in [6.45, 7) is 3.97. The first kappa shape index (κ1) is 14.9. The number of carbonyl (C=O) groups is 2. The molecule has 1 aliphatic heterocycles. The standard InChI is InChI=1S/C12H24N4O2/c1-14(2)12(18)10-15-6-8-16(9-7-15)11(17)4-3-5-13/h3-10,13H2,1-2H3. The smallest absolute Gasteiger partial charge is 0.236 e. The quantitative estimate of drug-likeness (QED) is 0.682. The summed E-state index contributed by atoms with van der Waals surface area (Å²) in [5.41, 5.74) is 5.39. The number of piperazine rings is 1. The second kappa shape index (κ2) is 7.33. The van der Waals surface area contributed by atoms with Gasteiger partial charge in [0.05, 0.1) is 6.54 Å². The molecule has 6 nitrogen and oxygen atoms in total. The zero-order valence-electron chi connectivity index (χ0n) is 11.4. The lowest BCUT2D eigenvalue weighted by molar-refractivity contribution is -0.134. The van der Waals surface area contributed by atoms with Gasteiger partial charge in [0.1, 0.15) is 0 Å². The van der Waals surface area contributed by atoms with Crippen molar-refractivity contribution in [1.29, 1.82) is 0 Å². The fourth-order valence-corrected chi connectivity index (χ4v) is 1.90. The molecule has 2 N–H and O–H groups in total. The van der Waals surface area contributed by atoms with Crippen molar-refractivity contribution in [2.75, 3.05) is 53.4 Å². The van der Waals surface area contributed by atoms with E-state index in [9.17, 15) is 9.59 Å². The van der Waals surface area contributed by atoms with Crippen molar-refractivity contribution in [1.82, 2.24) is 14.7 Å². The lowest BCUT2D eigenvalue weighted by Gasteiger charge is -2.34. The van der Waals surface area contributed by atoms with E-state index in [1.165, 1.54) is 0 Å². The SMILES string of the molecule is CN(C)C(=O)CN1CCN(C(=O)CCCN)CC1. The minimum atomic E-state index is 0.109. The average molecular weight is 256 g/mol. The minimum absolute atomic E-state index is 0.109. The van der Waals surface area contributed by atoms with Crippen LogP contribution in [0.25, 0.3) is 0 Å². The van der Waals surface area contributed by atoms with E-state index in [1.807, 2.05) is 4.90 Å². The van der Waals surface area contributed by atoms with Crippen LogP contribution in [0, 0.1) is 0 Å². The van der Waals surface area contributed by atoms with Crippen LogP contribution in [0.5, 0.6) is 0 Å². The number of nitrogens with zero attached hydrogens (tertiary/aromatic N) is 3. The summed E-state index contributed by atoms with van der Waals surface area (Å²) >= 11 is 0. The van der Waals surface area contributed by atoms with Crippen molar-refractivity contribution in [3.05, 3.63) is 0 Å². The maximum atomic E-state index is 11.8. The van der Waals surface area contributed by atoms with E-state index >= 15 is 0 Å². The Balaban J connectivity index is 2.28. The van der Waals surface area contributed by atoms with Gasteiger partial charge < -0.3 is 15.5 Å². The first-order chi connectivity index (χ1) is 8.54. The highest BCUT2D eigenvalue weighted by molar-refractivity contribution is 5.78. The molecule has 2 amide bonds. The van der Waals surface area contributed by atoms with Crippen LogP contribution in [-0.2, 0) is 9.59 Å². The Bertz CT molecular complexity index is 286. The number of hydrogen-bond donors (Lipinski definition) is 1. The van der Waals surface area contributed by atoms with Crippen molar-refractivity contribution >= 4 is 11.8 Å². The largest absolute Gasteiger partial charge is 0.348 e. The van der Waals surface area contributed by atoms with Crippen LogP contribution >= 0.6 is 0 Å². The first-order valence-electron chi connectivity index (χ1n) is 6.45. The van der Waals surface area contributed by atoms with Gasteiger partial charge in [-0.25, -0.2) is 0 Å². The van der Waals surface area contributed by atoms with Crippen molar-refractivity contribution in [2.45, 2.75) is 12.8 Å². The van der Waals surface area contributed by atoms with Gasteiger partial charge in [-0.2, -0.15) is 0 Å². The maximum absolute atomic E-state index is 11.8. The summed E-state index contributed by atoms with van der Waals surface area (Å²) in [6.07, 6.45) is 1.28. The minimum Gasteiger partial charge on any atom is -0.348 e. The number of hydrogen-bond acceptors (Lipinski definition) is 4. The number of nitrogens with two attached hydrogens (primary N) is 1. The summed E-state index contributed by atoms with van der Waals surface area (Å²) in [5.74, 6) is 0.289. The molecule has 6 heteroatoms. The lowest BCUT2D eigenvalue weighted by atomic mass is 10.2. The Morgan fingerprint density at radius 1 is 1.17 bits per heavy atom. The molecule has 0 unspecified atom stereocenters. The Morgan fingerprint density at radius 3 is 2.28 bits per heavy atom. The molecule has 1 fully saturated rings. The van der Waals surface area contributed by atoms with Crippen LogP contribution in [0.4, 0.5) is 0 Å². The fraction of sp³-hybridized carbons (Fsp3) is 0.833. The van der Waals surface area contributed by atoms with Gasteiger partial charge in [0, 0.05) is 46.7 Å². The van der Waals surface area contributed by atoms with Crippen molar-refractivity contribution in [3.63, 3.8) is 0 Å². The maximum Gasteiger partial charge on any atom is 0.236 e. The number of rotatable bonds is 5. The van der Waals surface area contributed by atoms with Gasteiger partial charge in [-0.15, -0.1) is 0 Å². The zero-order chi connectivity index (χ0) is 13.5. The molecule has 1 saturated heterocycles. The highest BCUT2D eigenvalue weighted by atomic mass is 16.2. The monoisotopic (exact) mass is 256 g/mol. The van der Waals surface area contributed by atoms with E-state index < -0.39 is 0 Å². The van der Waals surface area contributed by atoms with E-state index in [2.05, 4.69) is 4.90 Å². The second-order valence-electron chi connectivity index (χ2n) is 4.84.